The van der Waals surface area contributed by atoms with Gasteiger partial charge in [-0.25, -0.2) is 4.52 Å². The molecule has 5 nitrogen and oxygen atoms in total. The van der Waals surface area contributed by atoms with Gasteiger partial charge in [0.1, 0.15) is 0 Å². The average molecular weight is 287 g/mol. The maximum absolute atomic E-state index is 4.56. The molecule has 0 radical (unpaired) electrons. The second kappa shape index (κ2) is 5.29. The Hall–Kier alpha value is -3.21. The van der Waals surface area contributed by atoms with Gasteiger partial charge in [0.05, 0.1) is 5.69 Å². The van der Waals surface area contributed by atoms with E-state index >= 15 is 0 Å². The highest BCUT2D eigenvalue weighted by Crippen LogP contribution is 2.21. The van der Waals surface area contributed by atoms with Crippen molar-refractivity contribution in [1.82, 2.24) is 19.6 Å². The van der Waals surface area contributed by atoms with Crippen LogP contribution in [0.2, 0.25) is 0 Å². The summed E-state index contributed by atoms with van der Waals surface area (Å²) in [5.41, 5.74) is 3.79. The van der Waals surface area contributed by atoms with Crippen molar-refractivity contribution in [3.05, 3.63) is 73.1 Å². The van der Waals surface area contributed by atoms with Crippen LogP contribution in [0.4, 0.5) is 11.6 Å². The van der Waals surface area contributed by atoms with Crippen molar-refractivity contribution in [2.45, 2.75) is 0 Å². The Kier molecular flexibility index (Phi) is 3.01. The Balaban J connectivity index is 1.78. The van der Waals surface area contributed by atoms with Crippen molar-refractivity contribution < 1.29 is 0 Å². The van der Waals surface area contributed by atoms with Crippen LogP contribution >= 0.6 is 0 Å². The van der Waals surface area contributed by atoms with E-state index in [0.717, 1.165) is 22.6 Å². The van der Waals surface area contributed by atoms with Gasteiger partial charge in [-0.1, -0.05) is 24.3 Å². The Morgan fingerprint density at radius 3 is 2.45 bits per heavy atom. The Bertz CT molecular complexity index is 900. The van der Waals surface area contributed by atoms with Crippen molar-refractivity contribution in [3.63, 3.8) is 0 Å². The monoisotopic (exact) mass is 287 g/mol. The summed E-state index contributed by atoms with van der Waals surface area (Å²) in [6, 6.07) is 19.7. The quantitative estimate of drug-likeness (QED) is 0.626. The van der Waals surface area contributed by atoms with Crippen LogP contribution in [-0.2, 0) is 0 Å². The zero-order chi connectivity index (χ0) is 14.8. The van der Waals surface area contributed by atoms with E-state index in [2.05, 4.69) is 20.4 Å². The third kappa shape index (κ3) is 2.29. The van der Waals surface area contributed by atoms with E-state index in [0.29, 0.717) is 5.95 Å². The van der Waals surface area contributed by atoms with Crippen molar-refractivity contribution in [2.24, 2.45) is 0 Å². The molecule has 0 aliphatic carbocycles. The minimum absolute atomic E-state index is 0.577. The molecule has 3 aromatic heterocycles. The van der Waals surface area contributed by atoms with Crippen molar-refractivity contribution in [2.75, 3.05) is 5.32 Å². The molecule has 0 spiro atoms. The first kappa shape index (κ1) is 12.5. The van der Waals surface area contributed by atoms with Gasteiger partial charge >= 0.3 is 0 Å². The molecule has 0 atom stereocenters. The molecular weight excluding hydrogens is 274 g/mol. The number of nitrogens with one attached hydrogen (secondary N) is 1. The number of nitrogens with zero attached hydrogens (tertiary/aromatic N) is 4. The van der Waals surface area contributed by atoms with E-state index in [9.17, 15) is 0 Å². The number of para-hydroxylation sites is 1. The molecule has 0 aliphatic rings. The number of pyridine rings is 2. The van der Waals surface area contributed by atoms with Crippen LogP contribution in [0.1, 0.15) is 0 Å². The first-order chi connectivity index (χ1) is 10.9. The fraction of sp³-hybridized carbons (Fsp3) is 0. The van der Waals surface area contributed by atoms with Gasteiger partial charge in [-0.15, -0.1) is 5.10 Å². The van der Waals surface area contributed by atoms with Gasteiger partial charge in [0.25, 0.3) is 0 Å². The van der Waals surface area contributed by atoms with E-state index in [1.807, 2.05) is 65.2 Å². The van der Waals surface area contributed by atoms with Crippen molar-refractivity contribution >= 4 is 17.3 Å². The van der Waals surface area contributed by atoms with Crippen molar-refractivity contribution in [1.29, 1.82) is 0 Å². The highest BCUT2D eigenvalue weighted by molar-refractivity contribution is 5.64. The minimum atomic E-state index is 0.577. The molecule has 3 heterocycles. The van der Waals surface area contributed by atoms with E-state index in [1.165, 1.54) is 0 Å². The highest BCUT2D eigenvalue weighted by atomic mass is 15.4. The van der Waals surface area contributed by atoms with E-state index in [1.54, 1.807) is 12.4 Å². The summed E-state index contributed by atoms with van der Waals surface area (Å²) in [5, 5.41) is 7.77. The molecule has 4 rings (SSSR count). The van der Waals surface area contributed by atoms with Gasteiger partial charge in [0, 0.05) is 23.6 Å². The lowest BCUT2D eigenvalue weighted by Gasteiger charge is -2.03. The fourth-order valence-electron chi connectivity index (χ4n) is 2.35. The third-order valence-electron chi connectivity index (χ3n) is 3.37. The molecule has 106 valence electrons. The molecule has 22 heavy (non-hydrogen) atoms. The summed E-state index contributed by atoms with van der Waals surface area (Å²) >= 11 is 0. The summed E-state index contributed by atoms with van der Waals surface area (Å²) in [6.45, 7) is 0. The predicted molar refractivity (Wildman–Crippen MR) is 85.9 cm³/mol. The highest BCUT2D eigenvalue weighted by Gasteiger charge is 2.08. The second-order valence-electron chi connectivity index (χ2n) is 4.84. The van der Waals surface area contributed by atoms with Gasteiger partial charge in [0.2, 0.25) is 5.95 Å². The molecule has 1 aromatic carbocycles. The lowest BCUT2D eigenvalue weighted by atomic mass is 10.2. The number of fused-ring (bicyclic) bond motifs is 1. The van der Waals surface area contributed by atoms with Crippen LogP contribution in [-0.4, -0.2) is 19.6 Å². The maximum Gasteiger partial charge on any atom is 0.247 e. The summed E-state index contributed by atoms with van der Waals surface area (Å²) in [7, 11) is 0. The molecule has 1 N–H and O–H groups in total. The topological polar surface area (TPSA) is 55.1 Å². The number of hydrogen-bond acceptors (Lipinski definition) is 4. The Morgan fingerprint density at radius 1 is 0.818 bits per heavy atom. The number of rotatable bonds is 3. The second-order valence-corrected chi connectivity index (χ2v) is 4.84. The maximum atomic E-state index is 4.56. The largest absolute Gasteiger partial charge is 0.323 e. The Morgan fingerprint density at radius 2 is 1.64 bits per heavy atom. The first-order valence-electron chi connectivity index (χ1n) is 6.98. The van der Waals surface area contributed by atoms with E-state index in [4.69, 9.17) is 0 Å². The van der Waals surface area contributed by atoms with Crippen LogP contribution in [0.3, 0.4) is 0 Å². The predicted octanol–water partition coefficient (Wildman–Crippen LogP) is 3.53. The first-order valence-corrected chi connectivity index (χ1v) is 6.98. The van der Waals surface area contributed by atoms with Crippen LogP contribution in [0.15, 0.2) is 73.1 Å². The van der Waals surface area contributed by atoms with Gasteiger partial charge < -0.3 is 5.32 Å². The molecule has 4 aromatic rings. The van der Waals surface area contributed by atoms with Crippen LogP contribution in [0, 0.1) is 0 Å². The van der Waals surface area contributed by atoms with Gasteiger partial charge in [-0.2, -0.15) is 4.98 Å². The molecule has 0 saturated heterocycles. The average Bonchev–Trinajstić information content (AvgIpc) is 2.99. The summed E-state index contributed by atoms with van der Waals surface area (Å²) in [6.07, 6.45) is 3.54. The van der Waals surface area contributed by atoms with Crippen molar-refractivity contribution in [3.8, 4) is 11.3 Å². The summed E-state index contributed by atoms with van der Waals surface area (Å²) in [5.74, 6) is 0.577. The van der Waals surface area contributed by atoms with Gasteiger partial charge in [0.15, 0.2) is 5.65 Å². The number of hydrogen-bond donors (Lipinski definition) is 1. The van der Waals surface area contributed by atoms with Gasteiger partial charge in [-0.05, 0) is 36.4 Å². The number of aromatic nitrogens is 4. The molecule has 0 aliphatic heterocycles. The molecule has 5 heteroatoms. The van der Waals surface area contributed by atoms with E-state index < -0.39 is 0 Å². The van der Waals surface area contributed by atoms with Crippen LogP contribution in [0.5, 0.6) is 0 Å². The molecular formula is C17H13N5. The zero-order valence-corrected chi connectivity index (χ0v) is 11.7. The van der Waals surface area contributed by atoms with Gasteiger partial charge in [-0.3, -0.25) is 4.98 Å². The molecule has 0 fully saturated rings. The SMILES string of the molecule is c1ccc(Nc2nc3cccc(-c4ccncc4)n3n2)cc1. The number of benzene rings is 1. The lowest BCUT2D eigenvalue weighted by Crippen LogP contribution is -1.95. The standard InChI is InChI=1S/C17H13N5/c1-2-5-14(6-3-1)19-17-20-16-8-4-7-15(22(16)21-17)13-9-11-18-12-10-13/h1-12H,(H,19,21). The van der Waals surface area contributed by atoms with E-state index in [-0.39, 0.29) is 0 Å². The zero-order valence-electron chi connectivity index (χ0n) is 11.7. The molecule has 0 saturated carbocycles. The molecule has 0 unspecified atom stereocenters. The molecule has 0 bridgehead atoms. The Labute approximate surface area is 127 Å². The normalized spacial score (nSPS) is 10.7. The lowest BCUT2D eigenvalue weighted by molar-refractivity contribution is 0.973. The summed E-state index contributed by atoms with van der Waals surface area (Å²) < 4.78 is 1.83. The third-order valence-corrected chi connectivity index (χ3v) is 3.37. The minimum Gasteiger partial charge on any atom is -0.323 e. The van der Waals surface area contributed by atoms with Crippen LogP contribution < -0.4 is 5.32 Å². The van der Waals surface area contributed by atoms with Crippen LogP contribution in [0.25, 0.3) is 16.9 Å². The fourth-order valence-corrected chi connectivity index (χ4v) is 2.35. The summed E-state index contributed by atoms with van der Waals surface area (Å²) in [4.78, 5) is 8.57. The molecule has 0 amide bonds. The number of anilines is 2. The smallest absolute Gasteiger partial charge is 0.247 e.